The number of aryl methyl sites for hydroxylation is 2. The van der Waals surface area contributed by atoms with Gasteiger partial charge in [-0.25, -0.2) is 9.97 Å². The molecule has 0 N–H and O–H groups in total. The lowest BCUT2D eigenvalue weighted by atomic mass is 9.94. The Hall–Kier alpha value is -2.73. The summed E-state index contributed by atoms with van der Waals surface area (Å²) in [5, 5.41) is 4.64. The molecule has 1 aliphatic heterocycles. The van der Waals surface area contributed by atoms with Crippen molar-refractivity contribution in [3.8, 4) is 11.3 Å². The Morgan fingerprint density at radius 2 is 2.14 bits per heavy atom. The molecule has 0 aliphatic carbocycles. The number of carbonyl (C=O) groups is 1. The number of halogens is 1. The van der Waals surface area contributed by atoms with Gasteiger partial charge in [-0.15, -0.1) is 0 Å². The largest absolute Gasteiger partial charge is 0.356 e. The zero-order valence-corrected chi connectivity index (χ0v) is 17.3. The van der Waals surface area contributed by atoms with Crippen LogP contribution in [0, 0.1) is 13.8 Å². The third-order valence-corrected chi connectivity index (χ3v) is 5.45. The molecule has 0 bridgehead atoms. The van der Waals surface area contributed by atoms with Gasteiger partial charge in [0.05, 0.1) is 29.4 Å². The summed E-state index contributed by atoms with van der Waals surface area (Å²) in [6.45, 7) is 4.45. The summed E-state index contributed by atoms with van der Waals surface area (Å²) in [6.07, 6.45) is 4.98. The van der Waals surface area contributed by atoms with Crippen molar-refractivity contribution in [2.75, 3.05) is 6.54 Å². The average molecular weight is 411 g/mol. The molecule has 1 atom stereocenters. The van der Waals surface area contributed by atoms with Crippen LogP contribution in [0.1, 0.15) is 48.1 Å². The Kier molecular flexibility index (Phi) is 5.62. The number of nitrogens with zero attached hydrogens (tertiary/aromatic N) is 4. The van der Waals surface area contributed by atoms with Crippen LogP contribution in [0.2, 0.25) is 5.02 Å². The first-order valence-corrected chi connectivity index (χ1v) is 10.2. The van der Waals surface area contributed by atoms with Crippen molar-refractivity contribution in [3.05, 3.63) is 64.3 Å². The van der Waals surface area contributed by atoms with Gasteiger partial charge in [-0.1, -0.05) is 28.9 Å². The number of benzene rings is 1. The SMILES string of the molecule is Cc1cc(-c2cnc(C)nc2[C@@H]2CCCCN2C(=O)Cc2cccc(Cl)c2)on1. The fraction of sp³-hybridized carbons (Fsp3) is 0.364. The zero-order valence-electron chi connectivity index (χ0n) is 16.6. The molecular weight excluding hydrogens is 388 g/mol. The molecule has 0 spiro atoms. The minimum Gasteiger partial charge on any atom is -0.356 e. The summed E-state index contributed by atoms with van der Waals surface area (Å²) in [4.78, 5) is 24.2. The Balaban J connectivity index is 1.67. The van der Waals surface area contributed by atoms with Crippen LogP contribution in [-0.2, 0) is 11.2 Å². The second kappa shape index (κ2) is 8.33. The molecule has 7 heteroatoms. The van der Waals surface area contributed by atoms with E-state index in [1.54, 1.807) is 6.20 Å². The molecule has 4 rings (SSSR count). The first kappa shape index (κ1) is 19.6. The van der Waals surface area contributed by atoms with Gasteiger partial charge >= 0.3 is 0 Å². The lowest BCUT2D eigenvalue weighted by molar-refractivity contribution is -0.134. The molecule has 2 aromatic heterocycles. The average Bonchev–Trinajstić information content (AvgIpc) is 3.14. The fourth-order valence-corrected chi connectivity index (χ4v) is 4.07. The molecule has 0 saturated carbocycles. The molecule has 29 heavy (non-hydrogen) atoms. The number of hydrogen-bond acceptors (Lipinski definition) is 5. The van der Waals surface area contributed by atoms with Gasteiger partial charge in [0.1, 0.15) is 5.82 Å². The molecule has 6 nitrogen and oxygen atoms in total. The van der Waals surface area contributed by atoms with E-state index >= 15 is 0 Å². The Bertz CT molecular complexity index is 1030. The monoisotopic (exact) mass is 410 g/mol. The van der Waals surface area contributed by atoms with E-state index in [9.17, 15) is 4.79 Å². The number of likely N-dealkylation sites (tertiary alicyclic amines) is 1. The highest BCUT2D eigenvalue weighted by molar-refractivity contribution is 6.30. The third-order valence-electron chi connectivity index (χ3n) is 5.22. The fourth-order valence-electron chi connectivity index (χ4n) is 3.86. The van der Waals surface area contributed by atoms with Gasteiger partial charge in [0.2, 0.25) is 5.91 Å². The Labute approximate surface area is 174 Å². The maximum absolute atomic E-state index is 13.2. The van der Waals surface area contributed by atoms with Crippen molar-refractivity contribution in [2.45, 2.75) is 45.6 Å². The normalized spacial score (nSPS) is 16.8. The molecule has 1 fully saturated rings. The van der Waals surface area contributed by atoms with E-state index in [1.165, 1.54) is 0 Å². The highest BCUT2D eigenvalue weighted by Crippen LogP contribution is 2.36. The van der Waals surface area contributed by atoms with Gasteiger partial charge in [0.15, 0.2) is 5.76 Å². The van der Waals surface area contributed by atoms with Crippen LogP contribution >= 0.6 is 11.6 Å². The van der Waals surface area contributed by atoms with Crippen molar-refractivity contribution < 1.29 is 9.32 Å². The summed E-state index contributed by atoms with van der Waals surface area (Å²) in [6, 6.07) is 9.22. The number of rotatable bonds is 4. The van der Waals surface area contributed by atoms with Crippen LogP contribution in [0.3, 0.4) is 0 Å². The van der Waals surface area contributed by atoms with Gasteiger partial charge in [0, 0.05) is 23.8 Å². The molecule has 1 aliphatic rings. The van der Waals surface area contributed by atoms with E-state index in [4.69, 9.17) is 21.1 Å². The first-order valence-electron chi connectivity index (χ1n) is 9.82. The molecular formula is C22H23ClN4O2. The smallest absolute Gasteiger partial charge is 0.227 e. The Morgan fingerprint density at radius 1 is 1.28 bits per heavy atom. The predicted octanol–water partition coefficient (Wildman–Crippen LogP) is 4.70. The van der Waals surface area contributed by atoms with Crippen LogP contribution in [0.4, 0.5) is 0 Å². The van der Waals surface area contributed by atoms with Crippen LogP contribution < -0.4 is 0 Å². The number of hydrogen-bond donors (Lipinski definition) is 0. The second-order valence-electron chi connectivity index (χ2n) is 7.45. The standard InChI is InChI=1S/C22H23ClN4O2/c1-14-10-20(29-26-14)18-13-24-15(2)25-22(18)19-8-3-4-9-27(19)21(28)12-16-6-5-7-17(23)11-16/h5-7,10-11,13,19H,3-4,8-9,12H2,1-2H3/t19-/m0/s1. The van der Waals surface area contributed by atoms with Crippen molar-refractivity contribution >= 4 is 17.5 Å². The minimum atomic E-state index is -0.113. The highest BCUT2D eigenvalue weighted by atomic mass is 35.5. The predicted molar refractivity (Wildman–Crippen MR) is 110 cm³/mol. The van der Waals surface area contributed by atoms with Gasteiger partial charge in [-0.3, -0.25) is 4.79 Å². The molecule has 3 aromatic rings. The summed E-state index contributed by atoms with van der Waals surface area (Å²) in [7, 11) is 0. The zero-order chi connectivity index (χ0) is 20.4. The lowest BCUT2D eigenvalue weighted by Gasteiger charge is -2.36. The molecule has 3 heterocycles. The van der Waals surface area contributed by atoms with Gasteiger partial charge < -0.3 is 9.42 Å². The lowest BCUT2D eigenvalue weighted by Crippen LogP contribution is -2.40. The van der Waals surface area contributed by atoms with Gasteiger partial charge in [0.25, 0.3) is 0 Å². The van der Waals surface area contributed by atoms with Crippen molar-refractivity contribution in [1.29, 1.82) is 0 Å². The number of amides is 1. The second-order valence-corrected chi connectivity index (χ2v) is 7.89. The van der Waals surface area contributed by atoms with E-state index in [-0.39, 0.29) is 11.9 Å². The number of aromatic nitrogens is 3. The van der Waals surface area contributed by atoms with Gasteiger partial charge in [-0.05, 0) is 50.8 Å². The van der Waals surface area contributed by atoms with Gasteiger partial charge in [-0.2, -0.15) is 0 Å². The topological polar surface area (TPSA) is 72.1 Å². The van der Waals surface area contributed by atoms with Crippen LogP contribution in [0.15, 0.2) is 41.1 Å². The van der Waals surface area contributed by atoms with Crippen molar-refractivity contribution in [1.82, 2.24) is 20.0 Å². The highest BCUT2D eigenvalue weighted by Gasteiger charge is 2.32. The van der Waals surface area contributed by atoms with E-state index in [0.29, 0.717) is 29.6 Å². The van der Waals surface area contributed by atoms with E-state index in [2.05, 4.69) is 10.1 Å². The summed E-state index contributed by atoms with van der Waals surface area (Å²) in [5.41, 5.74) is 3.33. The van der Waals surface area contributed by atoms with Crippen LogP contribution in [-0.4, -0.2) is 32.5 Å². The first-order chi connectivity index (χ1) is 14.0. The van der Waals surface area contributed by atoms with Crippen molar-refractivity contribution in [2.24, 2.45) is 0 Å². The Morgan fingerprint density at radius 3 is 2.90 bits per heavy atom. The third kappa shape index (κ3) is 4.32. The minimum absolute atomic E-state index is 0.0768. The molecule has 1 saturated heterocycles. The van der Waals surface area contributed by atoms with Crippen molar-refractivity contribution in [3.63, 3.8) is 0 Å². The molecule has 1 aromatic carbocycles. The van der Waals surface area contributed by atoms with E-state index < -0.39 is 0 Å². The van der Waals surface area contributed by atoms with E-state index in [0.717, 1.165) is 41.8 Å². The molecule has 0 unspecified atom stereocenters. The van der Waals surface area contributed by atoms with Crippen LogP contribution in [0.25, 0.3) is 11.3 Å². The maximum Gasteiger partial charge on any atom is 0.227 e. The number of carbonyl (C=O) groups excluding carboxylic acids is 1. The van der Waals surface area contributed by atoms with E-state index in [1.807, 2.05) is 49.1 Å². The maximum atomic E-state index is 13.2. The molecule has 1 amide bonds. The summed E-state index contributed by atoms with van der Waals surface area (Å²) >= 11 is 6.09. The summed E-state index contributed by atoms with van der Waals surface area (Å²) < 4.78 is 5.48. The molecule has 150 valence electrons. The quantitative estimate of drug-likeness (QED) is 0.623. The van der Waals surface area contributed by atoms with Crippen LogP contribution in [0.5, 0.6) is 0 Å². The molecule has 0 radical (unpaired) electrons. The summed E-state index contributed by atoms with van der Waals surface area (Å²) in [5.74, 6) is 1.38. The number of piperidine rings is 1.